The number of thioether (sulfide) groups is 1. The first-order valence-electron chi connectivity index (χ1n) is 4.68. The first-order chi connectivity index (χ1) is 9.00. The van der Waals surface area contributed by atoms with Gasteiger partial charge in [-0.1, -0.05) is 6.07 Å². The Morgan fingerprint density at radius 2 is 1.70 bits per heavy atom. The highest BCUT2D eigenvalue weighted by atomic mass is 35.5. The minimum Gasteiger partial charge on any atom is -0.421 e. The van der Waals surface area contributed by atoms with Gasteiger partial charge in [0.2, 0.25) is 0 Å². The normalized spacial score (nSPS) is 12.1. The fraction of sp³-hybridized carbons (Fsp3) is 0.200. The van der Waals surface area contributed by atoms with Gasteiger partial charge in [-0.2, -0.15) is 17.6 Å². The van der Waals surface area contributed by atoms with E-state index in [1.54, 1.807) is 0 Å². The predicted octanol–water partition coefficient (Wildman–Crippen LogP) is 3.87. The number of benzene rings is 1. The molecule has 0 saturated heterocycles. The molecule has 110 valence electrons. The van der Waals surface area contributed by atoms with Gasteiger partial charge >= 0.3 is 16.7 Å². The molecular weight excluding hydrogens is 347 g/mol. The highest BCUT2D eigenvalue weighted by Crippen LogP contribution is 2.32. The van der Waals surface area contributed by atoms with Crippen LogP contribution in [0, 0.1) is 0 Å². The van der Waals surface area contributed by atoms with Gasteiger partial charge in [-0.15, -0.1) is 0 Å². The van der Waals surface area contributed by atoms with Crippen molar-refractivity contribution in [2.45, 2.75) is 15.7 Å². The molecule has 1 aromatic rings. The van der Waals surface area contributed by atoms with Crippen molar-refractivity contribution in [1.82, 2.24) is 0 Å². The van der Waals surface area contributed by atoms with Crippen LogP contribution in [0.5, 0.6) is 5.75 Å². The van der Waals surface area contributed by atoms with Crippen LogP contribution in [0.25, 0.3) is 0 Å². The summed E-state index contributed by atoms with van der Waals surface area (Å²) in [6.07, 6.45) is 0. The van der Waals surface area contributed by atoms with Crippen LogP contribution >= 0.6 is 35.0 Å². The Morgan fingerprint density at radius 3 is 2.20 bits per heavy atom. The van der Waals surface area contributed by atoms with E-state index in [1.807, 2.05) is 0 Å². The Balaban J connectivity index is 2.82. The molecule has 0 unspecified atom stereocenters. The molecule has 0 heterocycles. The summed E-state index contributed by atoms with van der Waals surface area (Å²) in [7, 11) is 0. The molecule has 0 spiro atoms. The summed E-state index contributed by atoms with van der Waals surface area (Å²) < 4.78 is 53.9. The van der Waals surface area contributed by atoms with Crippen molar-refractivity contribution >= 4 is 46.0 Å². The van der Waals surface area contributed by atoms with Crippen LogP contribution in [0.1, 0.15) is 0 Å². The summed E-state index contributed by atoms with van der Waals surface area (Å²) in [5.74, 6) is -2.42. The third-order valence-electron chi connectivity index (χ3n) is 1.69. The van der Waals surface area contributed by atoms with Crippen LogP contribution in [-0.4, -0.2) is 21.8 Å². The van der Waals surface area contributed by atoms with Crippen molar-refractivity contribution in [3.05, 3.63) is 24.3 Å². The molecule has 1 aromatic carbocycles. The van der Waals surface area contributed by atoms with E-state index in [2.05, 4.69) is 27.9 Å². The maximum absolute atomic E-state index is 12.5. The van der Waals surface area contributed by atoms with Gasteiger partial charge in [0.05, 0.1) is 0 Å². The van der Waals surface area contributed by atoms with E-state index in [-0.39, 0.29) is 22.4 Å². The molecule has 0 atom stereocenters. The predicted molar refractivity (Wildman–Crippen MR) is 64.5 cm³/mol. The van der Waals surface area contributed by atoms with Crippen LogP contribution < -0.4 is 4.74 Å². The van der Waals surface area contributed by atoms with Crippen molar-refractivity contribution in [2.24, 2.45) is 0 Å². The van der Waals surface area contributed by atoms with Crippen molar-refractivity contribution in [2.75, 3.05) is 0 Å². The van der Waals surface area contributed by atoms with Gasteiger partial charge in [0, 0.05) is 4.90 Å². The first kappa shape index (κ1) is 17.1. The number of hydrogen-bond acceptors (Lipinski definition) is 4. The number of rotatable bonds is 4. The lowest BCUT2D eigenvalue weighted by Crippen LogP contribution is -2.26. The van der Waals surface area contributed by atoms with Gasteiger partial charge < -0.3 is 4.74 Å². The topological polar surface area (TPSA) is 43.4 Å². The third-order valence-corrected chi connectivity index (χ3v) is 3.06. The standard InChI is InChI=1S/C10H4Cl2F4O3S/c11-9(13,14)7(17)19-5-2-1-3-6(4-5)20-8(18)10(12,15)16/h1-4H. The highest BCUT2D eigenvalue weighted by Gasteiger charge is 2.39. The maximum atomic E-state index is 12.5. The molecule has 10 heteroatoms. The summed E-state index contributed by atoms with van der Waals surface area (Å²) in [4.78, 5) is 21.7. The zero-order valence-corrected chi connectivity index (χ0v) is 11.5. The maximum Gasteiger partial charge on any atom is 0.418 e. The number of carbonyl (C=O) groups excluding carboxylic acids is 2. The van der Waals surface area contributed by atoms with Crippen LogP contribution in [0.2, 0.25) is 0 Å². The second-order valence-corrected chi connectivity index (χ2v) is 5.25. The van der Waals surface area contributed by atoms with Crippen LogP contribution in [0.4, 0.5) is 17.6 Å². The second-order valence-electron chi connectivity index (χ2n) is 3.25. The molecule has 0 aliphatic carbocycles. The lowest BCUT2D eigenvalue weighted by atomic mass is 10.3. The smallest absolute Gasteiger partial charge is 0.418 e. The van der Waals surface area contributed by atoms with E-state index in [4.69, 9.17) is 0 Å². The molecule has 20 heavy (non-hydrogen) atoms. The number of hydrogen-bond donors (Lipinski definition) is 0. The van der Waals surface area contributed by atoms with Crippen LogP contribution in [0.3, 0.4) is 0 Å². The SMILES string of the molecule is O=C(Oc1cccc(SC(=O)C(F)(F)Cl)c1)C(F)(F)Cl. The number of carbonyl (C=O) groups is 2. The monoisotopic (exact) mass is 350 g/mol. The Hall–Kier alpha value is -0.990. The second kappa shape index (κ2) is 6.19. The van der Waals surface area contributed by atoms with Crippen LogP contribution in [0.15, 0.2) is 29.2 Å². The molecule has 0 fully saturated rings. The molecule has 0 N–H and O–H groups in total. The molecule has 0 radical (unpaired) electrons. The van der Waals surface area contributed by atoms with Crippen molar-refractivity contribution in [3.8, 4) is 5.75 Å². The molecule has 0 amide bonds. The quantitative estimate of drug-likeness (QED) is 0.272. The third kappa shape index (κ3) is 5.18. The lowest BCUT2D eigenvalue weighted by molar-refractivity contribution is -0.150. The van der Waals surface area contributed by atoms with E-state index in [1.165, 1.54) is 12.1 Å². The molecule has 0 saturated carbocycles. The van der Waals surface area contributed by atoms with E-state index in [0.717, 1.165) is 12.1 Å². The van der Waals surface area contributed by atoms with Gasteiger partial charge in [0.15, 0.2) is 0 Å². The largest absolute Gasteiger partial charge is 0.421 e. The zero-order valence-electron chi connectivity index (χ0n) is 9.21. The minimum absolute atomic E-state index is 0.0666. The van der Waals surface area contributed by atoms with E-state index < -0.39 is 21.8 Å². The van der Waals surface area contributed by atoms with Crippen LogP contribution in [-0.2, 0) is 9.59 Å². The van der Waals surface area contributed by atoms with Gasteiger partial charge in [-0.25, -0.2) is 4.79 Å². The van der Waals surface area contributed by atoms with Gasteiger partial charge in [0.25, 0.3) is 5.12 Å². The number of esters is 1. The Kier molecular flexibility index (Phi) is 5.28. The average molecular weight is 351 g/mol. The van der Waals surface area contributed by atoms with Gasteiger partial charge in [-0.05, 0) is 53.2 Å². The molecule has 1 rings (SSSR count). The molecule has 0 bridgehead atoms. The zero-order chi connectivity index (χ0) is 15.6. The Labute approximate surface area is 124 Å². The van der Waals surface area contributed by atoms with E-state index in [9.17, 15) is 27.2 Å². The summed E-state index contributed by atoms with van der Waals surface area (Å²) in [5.41, 5.74) is 0. The molecule has 0 aliphatic rings. The first-order valence-corrected chi connectivity index (χ1v) is 6.25. The minimum atomic E-state index is -4.22. The van der Waals surface area contributed by atoms with Crippen molar-refractivity contribution in [3.63, 3.8) is 0 Å². The number of halogens is 6. The van der Waals surface area contributed by atoms with E-state index in [0.29, 0.717) is 0 Å². The molecule has 3 nitrogen and oxygen atoms in total. The highest BCUT2D eigenvalue weighted by molar-refractivity contribution is 8.14. The fourth-order valence-corrected chi connectivity index (χ4v) is 1.74. The van der Waals surface area contributed by atoms with Gasteiger partial charge in [0.1, 0.15) is 5.75 Å². The Morgan fingerprint density at radius 1 is 1.10 bits per heavy atom. The number of ether oxygens (including phenoxy) is 1. The fourth-order valence-electron chi connectivity index (χ4n) is 0.931. The molecule has 0 aromatic heterocycles. The molecular formula is C10H4Cl2F4O3S. The summed E-state index contributed by atoms with van der Waals surface area (Å²) in [6, 6.07) is 4.47. The molecule has 0 aliphatic heterocycles. The van der Waals surface area contributed by atoms with Crippen molar-refractivity contribution < 1.29 is 31.9 Å². The van der Waals surface area contributed by atoms with Crippen molar-refractivity contribution in [1.29, 1.82) is 0 Å². The average Bonchev–Trinajstić information content (AvgIpc) is 2.26. The van der Waals surface area contributed by atoms with E-state index >= 15 is 0 Å². The summed E-state index contributed by atoms with van der Waals surface area (Å²) in [6.45, 7) is 0. The summed E-state index contributed by atoms with van der Waals surface area (Å²) in [5, 5.41) is -9.95. The summed E-state index contributed by atoms with van der Waals surface area (Å²) >= 11 is 9.01. The van der Waals surface area contributed by atoms with Gasteiger partial charge in [-0.3, -0.25) is 4.79 Å². The number of alkyl halides is 6. The lowest BCUT2D eigenvalue weighted by Gasteiger charge is -2.09. The Bertz CT molecular complexity index is 485.